The number of hydrogen-bond donors (Lipinski definition) is 7. The summed E-state index contributed by atoms with van der Waals surface area (Å²) >= 11 is 0. The first-order valence-corrected chi connectivity index (χ1v) is 25.6. The largest absolute Gasteiger partial charge is 0.375 e. The fraction of sp³-hybridized carbons (Fsp3) is 0.941. The van der Waals surface area contributed by atoms with Gasteiger partial charge >= 0.3 is 0 Å². The SMILES string of the molecule is CC(CCOC(C)(C)CCNC(=O)CCCCN)OC(COC(C)(C)CC(C)(C)CCOCNCNC(=O)CCCCN)CC(C)(C)OC(C)(C)CCOC(C)(C)CCNC(=O)CCCCN. The minimum absolute atomic E-state index is 0.0107. The molecule has 0 rings (SSSR count). The van der Waals surface area contributed by atoms with Gasteiger partial charge in [-0.1, -0.05) is 13.8 Å². The lowest BCUT2D eigenvalue weighted by molar-refractivity contribution is -0.174. The predicted molar refractivity (Wildman–Crippen MR) is 271 cm³/mol. The molecule has 0 aromatic carbocycles. The second kappa shape index (κ2) is 34.4. The molecule has 0 bridgehead atoms. The van der Waals surface area contributed by atoms with Crippen molar-refractivity contribution in [2.45, 2.75) is 233 Å². The Kier molecular flexibility index (Phi) is 33.3. The molecule has 16 heteroatoms. The summed E-state index contributed by atoms with van der Waals surface area (Å²) in [6, 6.07) is 0. The van der Waals surface area contributed by atoms with Gasteiger partial charge in [-0.05, 0) is 178 Å². The average Bonchev–Trinajstić information content (AvgIpc) is 3.18. The van der Waals surface area contributed by atoms with Gasteiger partial charge in [-0.3, -0.25) is 19.7 Å². The number of amides is 3. The quantitative estimate of drug-likeness (QED) is 0.0248. The van der Waals surface area contributed by atoms with E-state index >= 15 is 0 Å². The third-order valence-corrected chi connectivity index (χ3v) is 11.7. The summed E-state index contributed by atoms with van der Waals surface area (Å²) < 4.78 is 38.9. The van der Waals surface area contributed by atoms with Crippen LogP contribution in [0.4, 0.5) is 0 Å². The second-order valence-electron chi connectivity index (χ2n) is 22.3. The van der Waals surface area contributed by atoms with Crippen molar-refractivity contribution in [2.75, 3.05) is 72.6 Å². The molecule has 0 heterocycles. The highest BCUT2D eigenvalue weighted by atomic mass is 16.6. The van der Waals surface area contributed by atoms with Crippen molar-refractivity contribution in [3.05, 3.63) is 0 Å². The molecule has 0 fully saturated rings. The first kappa shape index (κ1) is 65.0. The molecule has 398 valence electrons. The molecule has 0 spiro atoms. The third-order valence-electron chi connectivity index (χ3n) is 11.7. The van der Waals surface area contributed by atoms with Gasteiger partial charge in [0.1, 0.15) is 0 Å². The lowest BCUT2D eigenvalue weighted by atomic mass is 9.79. The van der Waals surface area contributed by atoms with E-state index in [1.165, 1.54) is 0 Å². The lowest BCUT2D eigenvalue weighted by Gasteiger charge is -2.40. The van der Waals surface area contributed by atoms with E-state index in [9.17, 15) is 14.4 Å². The Hall–Kier alpha value is -1.99. The van der Waals surface area contributed by atoms with Crippen molar-refractivity contribution in [1.82, 2.24) is 21.3 Å². The summed E-state index contributed by atoms with van der Waals surface area (Å²) in [6.45, 7) is 33.1. The van der Waals surface area contributed by atoms with Gasteiger partial charge in [0.2, 0.25) is 17.7 Å². The smallest absolute Gasteiger partial charge is 0.220 e. The van der Waals surface area contributed by atoms with Crippen LogP contribution in [0.25, 0.3) is 0 Å². The highest BCUT2D eigenvalue weighted by Gasteiger charge is 2.35. The van der Waals surface area contributed by atoms with Crippen LogP contribution in [-0.4, -0.2) is 130 Å². The van der Waals surface area contributed by atoms with E-state index in [0.29, 0.717) is 124 Å². The van der Waals surface area contributed by atoms with Crippen LogP contribution in [0.5, 0.6) is 0 Å². The van der Waals surface area contributed by atoms with Crippen LogP contribution in [0.15, 0.2) is 0 Å². The molecule has 0 radical (unpaired) electrons. The van der Waals surface area contributed by atoms with Crippen LogP contribution >= 0.6 is 0 Å². The first-order valence-electron chi connectivity index (χ1n) is 25.6. The molecule has 0 aliphatic rings. The molecule has 2 unspecified atom stereocenters. The zero-order chi connectivity index (χ0) is 51.0. The van der Waals surface area contributed by atoms with Gasteiger partial charge in [0, 0.05) is 52.0 Å². The Balaban J connectivity index is 5.48. The van der Waals surface area contributed by atoms with E-state index < -0.39 is 28.0 Å². The van der Waals surface area contributed by atoms with Gasteiger partial charge in [0.25, 0.3) is 0 Å². The molecule has 0 aromatic heterocycles. The van der Waals surface area contributed by atoms with Gasteiger partial charge < -0.3 is 61.6 Å². The minimum Gasteiger partial charge on any atom is -0.375 e. The van der Waals surface area contributed by atoms with Crippen LogP contribution in [0.2, 0.25) is 0 Å². The van der Waals surface area contributed by atoms with E-state index in [2.05, 4.69) is 111 Å². The van der Waals surface area contributed by atoms with E-state index in [1.54, 1.807) is 0 Å². The van der Waals surface area contributed by atoms with Crippen molar-refractivity contribution < 1.29 is 42.8 Å². The number of carbonyl (C=O) groups is 3. The molecule has 67 heavy (non-hydrogen) atoms. The average molecular weight is 960 g/mol. The second-order valence-corrected chi connectivity index (χ2v) is 22.3. The summed E-state index contributed by atoms with van der Waals surface area (Å²) in [5.41, 5.74) is 14.3. The standard InChI is InChI=1S/C51H105N7O9/c1-41(23-33-63-47(4,5)24-31-56-43(59)20-14-17-28-52)66-42(37-65-51(12,13)38-46(2,3)26-34-62-40-55-39-58-45(61)22-16-19-30-54)36-50(10,11)67-49(8,9)27-35-64-48(6,7)25-32-57-44(60)21-15-18-29-53/h41-42,55H,14-40,52-54H2,1-13H3,(H,56,59)(H,57,60)(H,58,61). The van der Waals surface area contributed by atoms with Crippen molar-refractivity contribution in [2.24, 2.45) is 22.6 Å². The Morgan fingerprint density at radius 3 is 1.54 bits per heavy atom. The molecule has 16 nitrogen and oxygen atoms in total. The van der Waals surface area contributed by atoms with Crippen LogP contribution in [0.3, 0.4) is 0 Å². The summed E-state index contributed by atoms with van der Waals surface area (Å²) in [4.78, 5) is 36.3. The maximum absolute atomic E-state index is 12.2. The Morgan fingerprint density at radius 2 is 1.03 bits per heavy atom. The minimum atomic E-state index is -0.559. The Bertz CT molecular complexity index is 1310. The number of hydrogen-bond acceptors (Lipinski definition) is 13. The lowest BCUT2D eigenvalue weighted by Crippen LogP contribution is -2.43. The number of ether oxygens (including phenoxy) is 6. The van der Waals surface area contributed by atoms with E-state index in [4.69, 9.17) is 45.6 Å². The van der Waals surface area contributed by atoms with Crippen molar-refractivity contribution >= 4 is 17.7 Å². The molecule has 3 amide bonds. The summed E-state index contributed by atoms with van der Waals surface area (Å²) in [5.74, 6) is 0.114. The van der Waals surface area contributed by atoms with Gasteiger partial charge in [0.15, 0.2) is 0 Å². The number of nitrogens with two attached hydrogens (primary N) is 3. The fourth-order valence-corrected chi connectivity index (χ4v) is 8.03. The molecule has 10 N–H and O–H groups in total. The number of unbranched alkanes of at least 4 members (excludes halogenated alkanes) is 3. The topological polar surface area (TPSA) is 233 Å². The molecule has 0 aliphatic carbocycles. The first-order chi connectivity index (χ1) is 31.2. The van der Waals surface area contributed by atoms with Gasteiger partial charge in [-0.2, -0.15) is 0 Å². The third kappa shape index (κ3) is 38.4. The van der Waals surface area contributed by atoms with Crippen molar-refractivity contribution in [3.8, 4) is 0 Å². The number of nitrogens with one attached hydrogen (secondary N) is 4. The molecular weight excluding hydrogens is 855 g/mol. The monoisotopic (exact) mass is 960 g/mol. The van der Waals surface area contributed by atoms with E-state index in [-0.39, 0.29) is 35.3 Å². The van der Waals surface area contributed by atoms with E-state index in [0.717, 1.165) is 51.4 Å². The molecule has 0 aromatic rings. The predicted octanol–water partition coefficient (Wildman–Crippen LogP) is 6.73. The van der Waals surface area contributed by atoms with Crippen LogP contribution in [0.1, 0.15) is 193 Å². The molecule has 0 saturated carbocycles. The summed E-state index contributed by atoms with van der Waals surface area (Å²) in [7, 11) is 0. The normalized spacial score (nSPS) is 14.0. The fourth-order valence-electron chi connectivity index (χ4n) is 8.03. The maximum Gasteiger partial charge on any atom is 0.220 e. The van der Waals surface area contributed by atoms with Crippen LogP contribution in [-0.2, 0) is 42.8 Å². The van der Waals surface area contributed by atoms with Gasteiger partial charge in [-0.15, -0.1) is 0 Å². The summed E-state index contributed by atoms with van der Waals surface area (Å²) in [6.07, 6.45) is 11.0. The maximum atomic E-state index is 12.2. The molecule has 0 saturated heterocycles. The van der Waals surface area contributed by atoms with Crippen molar-refractivity contribution in [1.29, 1.82) is 0 Å². The molecule has 0 aliphatic heterocycles. The molecular formula is C51H105N7O9. The number of rotatable bonds is 44. The highest BCUT2D eigenvalue weighted by Crippen LogP contribution is 2.35. The Labute approximate surface area is 408 Å². The van der Waals surface area contributed by atoms with E-state index in [1.807, 2.05) is 0 Å². The zero-order valence-corrected chi connectivity index (χ0v) is 45.2. The number of carbonyl (C=O) groups excluding carboxylic acids is 3. The zero-order valence-electron chi connectivity index (χ0n) is 45.2. The van der Waals surface area contributed by atoms with Crippen molar-refractivity contribution in [3.63, 3.8) is 0 Å². The van der Waals surface area contributed by atoms with Crippen LogP contribution < -0.4 is 38.5 Å². The van der Waals surface area contributed by atoms with Gasteiger partial charge in [-0.25, -0.2) is 0 Å². The van der Waals surface area contributed by atoms with Crippen LogP contribution in [0, 0.1) is 5.41 Å². The molecule has 2 atom stereocenters. The summed E-state index contributed by atoms with van der Waals surface area (Å²) in [5, 5.41) is 12.0. The Morgan fingerprint density at radius 1 is 0.537 bits per heavy atom. The van der Waals surface area contributed by atoms with Gasteiger partial charge in [0.05, 0.1) is 66.8 Å². The highest BCUT2D eigenvalue weighted by molar-refractivity contribution is 5.76.